The molecule has 0 aliphatic heterocycles. The van der Waals surface area contributed by atoms with E-state index in [0.29, 0.717) is 11.4 Å². The van der Waals surface area contributed by atoms with Gasteiger partial charge in [0.25, 0.3) is 0 Å². The Bertz CT molecular complexity index is 1060. The maximum Gasteiger partial charge on any atom is 0.325 e. The molecular formula is C25H34N2O2S+2. The van der Waals surface area contributed by atoms with Crippen molar-refractivity contribution in [3.05, 3.63) is 77.4 Å². The van der Waals surface area contributed by atoms with Crippen molar-refractivity contribution in [2.75, 3.05) is 34.2 Å². The van der Waals surface area contributed by atoms with E-state index >= 15 is 0 Å². The van der Waals surface area contributed by atoms with Gasteiger partial charge in [-0.25, -0.2) is 0 Å². The molecule has 1 atom stereocenters. The smallest absolute Gasteiger partial charge is 0.325 e. The van der Waals surface area contributed by atoms with Crippen molar-refractivity contribution in [1.82, 2.24) is 4.31 Å². The van der Waals surface area contributed by atoms with Gasteiger partial charge in [0.2, 0.25) is 4.90 Å². The minimum atomic E-state index is -3.24. The molecule has 1 N–H and O–H groups in total. The zero-order valence-corrected chi connectivity index (χ0v) is 19.6. The first-order chi connectivity index (χ1) is 14.1. The van der Waals surface area contributed by atoms with Gasteiger partial charge in [0.15, 0.2) is 0 Å². The second kappa shape index (κ2) is 8.98. The molecule has 0 aliphatic rings. The van der Waals surface area contributed by atoms with Crippen molar-refractivity contribution in [3.8, 4) is 0 Å². The summed E-state index contributed by atoms with van der Waals surface area (Å²) in [5.74, 6) is 0. The summed E-state index contributed by atoms with van der Waals surface area (Å²) in [5, 5.41) is 2.06. The van der Waals surface area contributed by atoms with E-state index in [4.69, 9.17) is 0 Å². The van der Waals surface area contributed by atoms with Gasteiger partial charge in [0.1, 0.15) is 6.54 Å². The van der Waals surface area contributed by atoms with E-state index in [1.807, 2.05) is 36.4 Å². The number of benzene rings is 3. The predicted octanol–water partition coefficient (Wildman–Crippen LogP) is 5.30. The quantitative estimate of drug-likeness (QED) is 0.392. The molecule has 0 heterocycles. The lowest BCUT2D eigenvalue weighted by molar-refractivity contribution is -0.903. The largest absolute Gasteiger partial charge is 0.325 e. The predicted molar refractivity (Wildman–Crippen MR) is 127 cm³/mol. The highest BCUT2D eigenvalue weighted by Crippen LogP contribution is 2.25. The molecule has 160 valence electrons. The third-order valence-corrected chi connectivity index (χ3v) is 7.47. The highest BCUT2D eigenvalue weighted by molar-refractivity contribution is 7.95. The zero-order chi connectivity index (χ0) is 21.9. The van der Waals surface area contributed by atoms with Crippen molar-refractivity contribution in [3.63, 3.8) is 0 Å². The molecule has 4 nitrogen and oxygen atoms in total. The second-order valence-electron chi connectivity index (χ2n) is 9.02. The fourth-order valence-electron chi connectivity index (χ4n) is 4.09. The maximum atomic E-state index is 13.1. The molecule has 0 aromatic heterocycles. The Morgan fingerprint density at radius 1 is 0.933 bits per heavy atom. The molecule has 5 heteroatoms. The number of hydrogen-bond donors (Lipinski definition) is 1. The number of quaternary nitrogens is 1. The fraction of sp³-hybridized carbons (Fsp3) is 0.360. The van der Waals surface area contributed by atoms with Gasteiger partial charge >= 0.3 is 10.4 Å². The third kappa shape index (κ3) is 5.55. The van der Waals surface area contributed by atoms with E-state index in [2.05, 4.69) is 46.1 Å². The van der Waals surface area contributed by atoms with Gasteiger partial charge in [-0.1, -0.05) is 57.9 Å². The standard InChI is InChI=1S/C25H33N2O2S/c1-20-15-21(2)17-22(16-20)19-27(4,5)14-8-13-26(3)30(28,29)25-12-11-23-9-6-7-10-24(23)18-25/h6-7,9-12,15-18H,8,13-14,19H2,1-5H3/q+1/p+1. The molecule has 1 unspecified atom stereocenters. The molecule has 0 saturated carbocycles. The van der Waals surface area contributed by atoms with Gasteiger partial charge in [-0.15, -0.1) is 0 Å². The minimum absolute atomic E-state index is 0.465. The lowest BCUT2D eigenvalue weighted by atomic mass is 10.1. The summed E-state index contributed by atoms with van der Waals surface area (Å²) in [7, 11) is 2.93. The first kappa shape index (κ1) is 22.6. The Morgan fingerprint density at radius 2 is 1.57 bits per heavy atom. The summed E-state index contributed by atoms with van der Waals surface area (Å²) >= 11 is 0. The van der Waals surface area contributed by atoms with E-state index in [1.54, 1.807) is 17.4 Å². The average molecular weight is 427 g/mol. The van der Waals surface area contributed by atoms with Crippen LogP contribution in [0.5, 0.6) is 0 Å². The Kier molecular flexibility index (Phi) is 6.78. The molecule has 3 aromatic carbocycles. The molecule has 3 aromatic rings. The van der Waals surface area contributed by atoms with E-state index in [1.165, 1.54) is 16.7 Å². The second-order valence-corrected chi connectivity index (χ2v) is 11.1. The summed E-state index contributed by atoms with van der Waals surface area (Å²) in [6.07, 6.45) is 0.847. The van der Waals surface area contributed by atoms with Crippen LogP contribution in [0.2, 0.25) is 0 Å². The van der Waals surface area contributed by atoms with Crippen molar-refractivity contribution < 1.29 is 13.2 Å². The van der Waals surface area contributed by atoms with Crippen molar-refractivity contribution in [1.29, 1.82) is 0 Å². The van der Waals surface area contributed by atoms with Crippen LogP contribution in [0.15, 0.2) is 65.6 Å². The Hall–Kier alpha value is -2.05. The normalized spacial score (nSPS) is 14.2. The number of hydrogen-bond acceptors (Lipinski definition) is 1. The van der Waals surface area contributed by atoms with Gasteiger partial charge in [0, 0.05) is 25.1 Å². The Morgan fingerprint density at radius 3 is 2.23 bits per heavy atom. The van der Waals surface area contributed by atoms with Crippen molar-refractivity contribution in [2.45, 2.75) is 31.7 Å². The average Bonchev–Trinajstić information content (AvgIpc) is 2.66. The highest BCUT2D eigenvalue weighted by atomic mass is 32.3. The molecule has 0 radical (unpaired) electrons. The summed E-state index contributed by atoms with van der Waals surface area (Å²) in [5.41, 5.74) is 3.92. The zero-order valence-electron chi connectivity index (χ0n) is 18.8. The van der Waals surface area contributed by atoms with Crippen LogP contribution in [0.1, 0.15) is 23.1 Å². The molecule has 0 spiro atoms. The first-order valence-electron chi connectivity index (χ1n) is 10.4. The highest BCUT2D eigenvalue weighted by Gasteiger charge is 2.35. The number of aryl methyl sites for hydroxylation is 2. The van der Waals surface area contributed by atoms with Crippen LogP contribution >= 0.6 is 0 Å². The van der Waals surface area contributed by atoms with Crippen LogP contribution < -0.4 is 0 Å². The van der Waals surface area contributed by atoms with Crippen molar-refractivity contribution in [2.24, 2.45) is 0 Å². The fourth-order valence-corrected chi connectivity index (χ4v) is 5.35. The topological polar surface area (TPSA) is 40.5 Å². The lowest BCUT2D eigenvalue weighted by Crippen LogP contribution is -2.42. The Balaban J connectivity index is 1.61. The van der Waals surface area contributed by atoms with Crippen LogP contribution in [0.4, 0.5) is 0 Å². The van der Waals surface area contributed by atoms with Gasteiger partial charge in [-0.3, -0.25) is 0 Å². The number of nitrogens with zero attached hydrogens (tertiary/aromatic N) is 2. The first-order valence-corrected chi connectivity index (χ1v) is 11.9. The molecule has 3 rings (SSSR count). The van der Waals surface area contributed by atoms with Crippen LogP contribution in [-0.4, -0.2) is 47.6 Å². The van der Waals surface area contributed by atoms with Crippen LogP contribution in [0.25, 0.3) is 10.8 Å². The monoisotopic (exact) mass is 426 g/mol. The summed E-state index contributed by atoms with van der Waals surface area (Å²) in [4.78, 5) is 0.465. The van der Waals surface area contributed by atoms with Gasteiger partial charge in [-0.05, 0) is 41.0 Å². The molecule has 30 heavy (non-hydrogen) atoms. The maximum absolute atomic E-state index is 13.1. The SMILES string of the molecule is Cc1cc(C)cc(C[N+](C)(C)CCCN(C)[S+](=O)(O)c2ccc3ccccc3c2)c1. The number of rotatable bonds is 8. The van der Waals surface area contributed by atoms with E-state index < -0.39 is 10.4 Å². The van der Waals surface area contributed by atoms with E-state index in [0.717, 1.165) is 34.8 Å². The van der Waals surface area contributed by atoms with E-state index in [-0.39, 0.29) is 0 Å². The summed E-state index contributed by atoms with van der Waals surface area (Å²) in [6, 6.07) is 20.1. The summed E-state index contributed by atoms with van der Waals surface area (Å²) in [6.45, 7) is 6.72. The third-order valence-electron chi connectivity index (χ3n) is 5.58. The van der Waals surface area contributed by atoms with Gasteiger partial charge in [0.05, 0.1) is 27.2 Å². The minimum Gasteiger partial charge on any atom is -0.325 e. The lowest BCUT2D eigenvalue weighted by Gasteiger charge is -2.30. The summed E-state index contributed by atoms with van der Waals surface area (Å²) < 4.78 is 26.4. The molecule has 0 amide bonds. The van der Waals surface area contributed by atoms with Crippen LogP contribution in [0.3, 0.4) is 0 Å². The van der Waals surface area contributed by atoms with E-state index in [9.17, 15) is 8.76 Å². The van der Waals surface area contributed by atoms with Gasteiger partial charge < -0.3 is 4.48 Å². The van der Waals surface area contributed by atoms with Crippen LogP contribution in [0, 0.1) is 13.8 Å². The van der Waals surface area contributed by atoms with Crippen LogP contribution in [-0.2, 0) is 21.2 Å². The molecular weight excluding hydrogens is 392 g/mol. The Labute approximate surface area is 182 Å². The molecule has 0 fully saturated rings. The van der Waals surface area contributed by atoms with Gasteiger partial charge in [-0.2, -0.15) is 4.55 Å². The molecule has 0 bridgehead atoms. The molecule has 0 saturated heterocycles. The number of fused-ring (bicyclic) bond motifs is 1. The van der Waals surface area contributed by atoms with Crippen molar-refractivity contribution >= 4 is 21.2 Å². The molecule has 0 aliphatic carbocycles.